The highest BCUT2D eigenvalue weighted by atomic mass is 16.4. The summed E-state index contributed by atoms with van der Waals surface area (Å²) in [6.45, 7) is 6.49. The summed E-state index contributed by atoms with van der Waals surface area (Å²) in [4.78, 5) is 34.5. The van der Waals surface area contributed by atoms with Crippen LogP contribution in [-0.4, -0.2) is 34.6 Å². The molecule has 7 nitrogen and oxygen atoms in total. The predicted molar refractivity (Wildman–Crippen MR) is 82.9 cm³/mol. The van der Waals surface area contributed by atoms with Crippen LogP contribution < -0.4 is 16.0 Å². The molecule has 0 aliphatic rings. The van der Waals surface area contributed by atoms with E-state index in [0.29, 0.717) is 11.3 Å². The van der Waals surface area contributed by atoms with Crippen LogP contribution in [0.25, 0.3) is 0 Å². The molecule has 0 radical (unpaired) electrons. The summed E-state index contributed by atoms with van der Waals surface area (Å²) >= 11 is 0. The van der Waals surface area contributed by atoms with Gasteiger partial charge >= 0.3 is 12.0 Å². The fourth-order valence-corrected chi connectivity index (χ4v) is 1.54. The molecule has 120 valence electrons. The van der Waals surface area contributed by atoms with E-state index in [-0.39, 0.29) is 12.1 Å². The Balaban J connectivity index is 2.70. The third kappa shape index (κ3) is 5.08. The fourth-order valence-electron chi connectivity index (χ4n) is 1.54. The molecule has 0 atom stereocenters. The number of nitrogens with one attached hydrogen (secondary N) is 3. The van der Waals surface area contributed by atoms with Crippen molar-refractivity contribution in [2.45, 2.75) is 39.3 Å². The lowest BCUT2D eigenvalue weighted by Crippen LogP contribution is -2.49. The number of rotatable bonds is 5. The summed E-state index contributed by atoms with van der Waals surface area (Å²) in [5, 5.41) is 16.7. The largest absolute Gasteiger partial charge is 0.480 e. The number of carbonyl (C=O) groups is 3. The van der Waals surface area contributed by atoms with Gasteiger partial charge in [0.2, 0.25) is 0 Å². The van der Waals surface area contributed by atoms with Crippen LogP contribution in [0.3, 0.4) is 0 Å². The molecule has 0 aliphatic heterocycles. The van der Waals surface area contributed by atoms with E-state index in [1.165, 1.54) is 26.0 Å². The molecule has 3 amide bonds. The molecule has 22 heavy (non-hydrogen) atoms. The van der Waals surface area contributed by atoms with Crippen molar-refractivity contribution in [3.05, 3.63) is 29.8 Å². The molecule has 1 aromatic carbocycles. The van der Waals surface area contributed by atoms with Crippen LogP contribution in [0.1, 0.15) is 38.1 Å². The second kappa shape index (κ2) is 6.93. The molecule has 0 aromatic heterocycles. The molecule has 0 spiro atoms. The monoisotopic (exact) mass is 307 g/mol. The van der Waals surface area contributed by atoms with Crippen LogP contribution in [-0.2, 0) is 4.79 Å². The Morgan fingerprint density at radius 2 is 1.64 bits per heavy atom. The molecule has 1 aromatic rings. The number of aliphatic carboxylic acids is 1. The third-order valence-corrected chi connectivity index (χ3v) is 2.79. The highest BCUT2D eigenvalue weighted by molar-refractivity contribution is 5.98. The lowest BCUT2D eigenvalue weighted by molar-refractivity contribution is -0.143. The van der Waals surface area contributed by atoms with Crippen LogP contribution >= 0.6 is 0 Å². The van der Waals surface area contributed by atoms with Gasteiger partial charge in [0.05, 0.1) is 0 Å². The Hall–Kier alpha value is -2.57. The van der Waals surface area contributed by atoms with E-state index < -0.39 is 17.4 Å². The van der Waals surface area contributed by atoms with Gasteiger partial charge < -0.3 is 21.1 Å². The minimum Gasteiger partial charge on any atom is -0.480 e. The topological polar surface area (TPSA) is 108 Å². The van der Waals surface area contributed by atoms with Crippen molar-refractivity contribution in [1.82, 2.24) is 10.6 Å². The molecule has 0 heterocycles. The third-order valence-electron chi connectivity index (χ3n) is 2.79. The number of anilines is 1. The highest BCUT2D eigenvalue weighted by Gasteiger charge is 2.29. The van der Waals surface area contributed by atoms with Crippen LogP contribution in [0.15, 0.2) is 24.3 Å². The summed E-state index contributed by atoms with van der Waals surface area (Å²) in [6, 6.07) is 5.85. The van der Waals surface area contributed by atoms with E-state index in [1.54, 1.807) is 12.1 Å². The lowest BCUT2D eigenvalue weighted by Gasteiger charge is -2.21. The van der Waals surface area contributed by atoms with E-state index in [2.05, 4.69) is 16.0 Å². The first-order valence-electron chi connectivity index (χ1n) is 6.85. The predicted octanol–water partition coefficient (Wildman–Crippen LogP) is 1.81. The quantitative estimate of drug-likeness (QED) is 0.665. The molecule has 0 unspecified atom stereocenters. The summed E-state index contributed by atoms with van der Waals surface area (Å²) < 4.78 is 0. The molecular formula is C15H21N3O4. The molecule has 0 bridgehead atoms. The summed E-state index contributed by atoms with van der Waals surface area (Å²) in [6.07, 6.45) is 0. The van der Waals surface area contributed by atoms with Gasteiger partial charge in [0.25, 0.3) is 5.91 Å². The van der Waals surface area contributed by atoms with Gasteiger partial charge in [-0.3, -0.25) is 4.79 Å². The van der Waals surface area contributed by atoms with Crippen molar-refractivity contribution in [3.8, 4) is 0 Å². The minimum atomic E-state index is -1.36. The first-order valence-corrected chi connectivity index (χ1v) is 6.85. The van der Waals surface area contributed by atoms with Crippen molar-refractivity contribution >= 4 is 23.6 Å². The summed E-state index contributed by atoms with van der Waals surface area (Å²) in [5.74, 6) is -1.62. The van der Waals surface area contributed by atoms with E-state index >= 15 is 0 Å². The maximum Gasteiger partial charge on any atom is 0.328 e. The van der Waals surface area contributed by atoms with Crippen LogP contribution in [0.2, 0.25) is 0 Å². The standard InChI is InChI=1S/C15H21N3O4/c1-9(2)16-14(22)17-11-7-5-10(6-8-11)12(19)18-15(3,4)13(20)21/h5-9H,1-4H3,(H,18,19)(H,20,21)(H2,16,17,22). The Kier molecular flexibility index (Phi) is 5.50. The van der Waals surface area contributed by atoms with Gasteiger partial charge in [-0.1, -0.05) is 0 Å². The molecular weight excluding hydrogens is 286 g/mol. The zero-order valence-corrected chi connectivity index (χ0v) is 13.1. The second-order valence-electron chi connectivity index (χ2n) is 5.71. The van der Waals surface area contributed by atoms with Crippen molar-refractivity contribution in [2.24, 2.45) is 0 Å². The Labute approximate surface area is 129 Å². The number of carbonyl (C=O) groups excluding carboxylic acids is 2. The number of hydrogen-bond acceptors (Lipinski definition) is 3. The number of hydrogen-bond donors (Lipinski definition) is 4. The number of urea groups is 1. The molecule has 1 rings (SSSR count). The molecule has 0 saturated heterocycles. The van der Waals surface area contributed by atoms with Gasteiger partial charge in [-0.15, -0.1) is 0 Å². The Bertz CT molecular complexity index is 565. The Morgan fingerprint density at radius 3 is 2.09 bits per heavy atom. The van der Waals surface area contributed by atoms with Gasteiger partial charge in [-0.05, 0) is 52.0 Å². The van der Waals surface area contributed by atoms with Gasteiger partial charge in [0, 0.05) is 17.3 Å². The second-order valence-corrected chi connectivity index (χ2v) is 5.71. The van der Waals surface area contributed by atoms with Crippen molar-refractivity contribution in [2.75, 3.05) is 5.32 Å². The molecule has 0 fully saturated rings. The minimum absolute atomic E-state index is 0.0169. The van der Waals surface area contributed by atoms with Crippen molar-refractivity contribution < 1.29 is 19.5 Å². The lowest BCUT2D eigenvalue weighted by atomic mass is 10.1. The molecule has 0 aliphatic carbocycles. The average molecular weight is 307 g/mol. The summed E-state index contributed by atoms with van der Waals surface area (Å²) in [7, 11) is 0. The van der Waals surface area contributed by atoms with Gasteiger partial charge in [-0.25, -0.2) is 9.59 Å². The SMILES string of the molecule is CC(C)NC(=O)Nc1ccc(C(=O)NC(C)(C)C(=O)O)cc1. The molecule has 7 heteroatoms. The zero-order valence-electron chi connectivity index (χ0n) is 13.1. The van der Waals surface area contributed by atoms with E-state index in [0.717, 1.165) is 0 Å². The van der Waals surface area contributed by atoms with Crippen molar-refractivity contribution in [1.29, 1.82) is 0 Å². The number of amides is 3. The smallest absolute Gasteiger partial charge is 0.328 e. The molecule has 4 N–H and O–H groups in total. The normalized spacial score (nSPS) is 11.0. The van der Waals surface area contributed by atoms with E-state index in [9.17, 15) is 14.4 Å². The fraction of sp³-hybridized carbons (Fsp3) is 0.400. The zero-order chi connectivity index (χ0) is 16.9. The highest BCUT2D eigenvalue weighted by Crippen LogP contribution is 2.11. The molecule has 0 saturated carbocycles. The first-order chi connectivity index (χ1) is 10.1. The van der Waals surface area contributed by atoms with E-state index in [4.69, 9.17) is 5.11 Å². The number of carboxylic acids is 1. The maximum atomic E-state index is 12.0. The average Bonchev–Trinajstić information content (AvgIpc) is 2.37. The maximum absolute atomic E-state index is 12.0. The Morgan fingerprint density at radius 1 is 1.09 bits per heavy atom. The first kappa shape index (κ1) is 17.5. The van der Waals surface area contributed by atoms with Gasteiger partial charge in [0.15, 0.2) is 0 Å². The van der Waals surface area contributed by atoms with E-state index in [1.807, 2.05) is 13.8 Å². The van der Waals surface area contributed by atoms with Crippen LogP contribution in [0.5, 0.6) is 0 Å². The summed E-state index contributed by atoms with van der Waals surface area (Å²) in [5.41, 5.74) is -0.512. The number of carboxylic acid groups (broad SMARTS) is 1. The van der Waals surface area contributed by atoms with Crippen molar-refractivity contribution in [3.63, 3.8) is 0 Å². The van der Waals surface area contributed by atoms with Gasteiger partial charge in [-0.2, -0.15) is 0 Å². The number of benzene rings is 1. The van der Waals surface area contributed by atoms with Gasteiger partial charge in [0.1, 0.15) is 5.54 Å². The van der Waals surface area contributed by atoms with Crippen LogP contribution in [0, 0.1) is 0 Å². The van der Waals surface area contributed by atoms with Crippen LogP contribution in [0.4, 0.5) is 10.5 Å².